The van der Waals surface area contributed by atoms with Crippen molar-refractivity contribution in [2.45, 2.75) is 12.5 Å². The van der Waals surface area contributed by atoms with Gasteiger partial charge in [0.2, 0.25) is 0 Å². The van der Waals surface area contributed by atoms with Crippen LogP contribution in [0.15, 0.2) is 15.9 Å². The Morgan fingerprint density at radius 2 is 2.28 bits per heavy atom. The second-order valence-corrected chi connectivity index (χ2v) is 6.43. The molecule has 0 aliphatic heterocycles. The number of halogens is 1. The van der Waals surface area contributed by atoms with E-state index in [1.54, 1.807) is 18.4 Å². The van der Waals surface area contributed by atoms with Crippen molar-refractivity contribution >= 4 is 27.3 Å². The molecular formula is C12H20BrNO3S. The zero-order valence-corrected chi connectivity index (χ0v) is 12.9. The first-order valence-corrected chi connectivity index (χ1v) is 7.53. The van der Waals surface area contributed by atoms with E-state index in [-0.39, 0.29) is 0 Å². The molecule has 1 heterocycles. The predicted octanol–water partition coefficient (Wildman–Crippen LogP) is 1.67. The Kier molecular flexibility index (Phi) is 8.83. The zero-order chi connectivity index (χ0) is 13.2. The second kappa shape index (κ2) is 9.89. The molecule has 0 fully saturated rings. The summed E-state index contributed by atoms with van der Waals surface area (Å²) in [7, 11) is 1.63. The highest BCUT2D eigenvalue weighted by molar-refractivity contribution is 9.11. The third-order valence-corrected chi connectivity index (χ3v) is 3.98. The molecule has 1 atom stereocenters. The summed E-state index contributed by atoms with van der Waals surface area (Å²) in [5.41, 5.74) is 0. The predicted molar refractivity (Wildman–Crippen MR) is 77.3 cm³/mol. The van der Waals surface area contributed by atoms with Gasteiger partial charge in [0.25, 0.3) is 0 Å². The first-order chi connectivity index (χ1) is 8.72. The van der Waals surface area contributed by atoms with Crippen LogP contribution < -0.4 is 5.32 Å². The molecule has 0 aliphatic carbocycles. The van der Waals surface area contributed by atoms with Crippen LogP contribution in [0.4, 0.5) is 0 Å². The second-order valence-electron chi connectivity index (χ2n) is 3.88. The fraction of sp³-hybridized carbons (Fsp3) is 0.667. The molecule has 6 heteroatoms. The average molecular weight is 338 g/mol. The zero-order valence-electron chi connectivity index (χ0n) is 10.5. The van der Waals surface area contributed by atoms with Crippen molar-refractivity contribution in [2.24, 2.45) is 0 Å². The van der Waals surface area contributed by atoms with Gasteiger partial charge in [0, 0.05) is 25.1 Å². The van der Waals surface area contributed by atoms with E-state index >= 15 is 0 Å². The molecule has 0 saturated carbocycles. The molecule has 0 aromatic carbocycles. The van der Waals surface area contributed by atoms with Crippen LogP contribution in [-0.4, -0.2) is 51.2 Å². The lowest BCUT2D eigenvalue weighted by atomic mass is 10.3. The largest absolute Gasteiger partial charge is 0.389 e. The Hall–Kier alpha value is 0.0200. The third-order valence-electron chi connectivity index (χ3n) is 2.30. The van der Waals surface area contributed by atoms with E-state index in [0.29, 0.717) is 26.4 Å². The molecule has 4 nitrogen and oxygen atoms in total. The number of methoxy groups -OCH3 is 1. The van der Waals surface area contributed by atoms with Crippen molar-refractivity contribution in [3.8, 4) is 0 Å². The van der Waals surface area contributed by atoms with E-state index in [4.69, 9.17) is 9.47 Å². The van der Waals surface area contributed by atoms with Crippen LogP contribution in [0, 0.1) is 0 Å². The molecule has 1 aromatic heterocycles. The molecule has 2 N–H and O–H groups in total. The molecular weight excluding hydrogens is 318 g/mol. The van der Waals surface area contributed by atoms with E-state index in [0.717, 1.165) is 16.8 Å². The van der Waals surface area contributed by atoms with E-state index in [2.05, 4.69) is 33.4 Å². The highest BCUT2D eigenvalue weighted by Gasteiger charge is 2.04. The van der Waals surface area contributed by atoms with E-state index in [1.807, 2.05) is 0 Å². The van der Waals surface area contributed by atoms with Crippen LogP contribution in [0.2, 0.25) is 0 Å². The van der Waals surface area contributed by atoms with Gasteiger partial charge in [-0.2, -0.15) is 0 Å². The molecule has 0 spiro atoms. The minimum absolute atomic E-state index is 0.348. The van der Waals surface area contributed by atoms with Gasteiger partial charge in [-0.25, -0.2) is 0 Å². The summed E-state index contributed by atoms with van der Waals surface area (Å²) < 4.78 is 11.2. The highest BCUT2D eigenvalue weighted by Crippen LogP contribution is 2.21. The van der Waals surface area contributed by atoms with Crippen LogP contribution in [0.25, 0.3) is 0 Å². The van der Waals surface area contributed by atoms with Crippen molar-refractivity contribution in [1.29, 1.82) is 0 Å². The maximum atomic E-state index is 9.62. The smallest absolute Gasteiger partial charge is 0.0897 e. The maximum absolute atomic E-state index is 9.62. The fourth-order valence-corrected chi connectivity index (χ4v) is 2.87. The molecule has 0 saturated heterocycles. The van der Waals surface area contributed by atoms with Gasteiger partial charge in [-0.3, -0.25) is 0 Å². The normalized spacial score (nSPS) is 12.8. The van der Waals surface area contributed by atoms with Gasteiger partial charge in [-0.05, 0) is 34.5 Å². The van der Waals surface area contributed by atoms with Gasteiger partial charge in [0.1, 0.15) is 0 Å². The van der Waals surface area contributed by atoms with Crippen LogP contribution in [-0.2, 0) is 15.9 Å². The first-order valence-electron chi connectivity index (χ1n) is 5.92. The van der Waals surface area contributed by atoms with Gasteiger partial charge in [0.05, 0.1) is 29.7 Å². The van der Waals surface area contributed by atoms with Crippen molar-refractivity contribution in [3.05, 3.63) is 20.8 Å². The Bertz CT molecular complexity index is 322. The summed E-state index contributed by atoms with van der Waals surface area (Å²) in [6.45, 7) is 2.85. The monoisotopic (exact) mass is 337 g/mol. The number of aliphatic hydroxyl groups excluding tert-OH is 1. The van der Waals surface area contributed by atoms with Crippen LogP contribution in [0.1, 0.15) is 4.88 Å². The minimum atomic E-state index is -0.461. The molecule has 18 heavy (non-hydrogen) atoms. The molecule has 1 aromatic rings. The van der Waals surface area contributed by atoms with Crippen LogP contribution >= 0.6 is 27.3 Å². The molecule has 1 unspecified atom stereocenters. The lowest BCUT2D eigenvalue weighted by Gasteiger charge is -2.11. The molecule has 104 valence electrons. The summed E-state index contributed by atoms with van der Waals surface area (Å²) in [5, 5.41) is 12.8. The summed E-state index contributed by atoms with van der Waals surface area (Å²) >= 11 is 5.18. The van der Waals surface area contributed by atoms with Crippen molar-refractivity contribution in [2.75, 3.05) is 40.0 Å². The molecule has 0 amide bonds. The van der Waals surface area contributed by atoms with E-state index in [1.165, 1.54) is 4.88 Å². The highest BCUT2D eigenvalue weighted by atomic mass is 79.9. The van der Waals surface area contributed by atoms with Gasteiger partial charge in [0.15, 0.2) is 0 Å². The van der Waals surface area contributed by atoms with Gasteiger partial charge >= 0.3 is 0 Å². The SMILES string of the molecule is COCCOCC(O)CNCCc1ccc(Br)s1. The van der Waals surface area contributed by atoms with Crippen LogP contribution in [0.5, 0.6) is 0 Å². The minimum Gasteiger partial charge on any atom is -0.389 e. The third kappa shape index (κ3) is 7.45. The number of hydrogen-bond donors (Lipinski definition) is 2. The number of ether oxygens (including phenoxy) is 2. The van der Waals surface area contributed by atoms with Gasteiger partial charge in [-0.1, -0.05) is 0 Å². The van der Waals surface area contributed by atoms with Gasteiger partial charge in [-0.15, -0.1) is 11.3 Å². The number of rotatable bonds is 10. The lowest BCUT2D eigenvalue weighted by Crippen LogP contribution is -2.31. The van der Waals surface area contributed by atoms with E-state index < -0.39 is 6.10 Å². The standard InChI is InChI=1S/C12H20BrNO3S/c1-16-6-7-17-9-10(15)8-14-5-4-11-2-3-12(13)18-11/h2-3,10,14-15H,4-9H2,1H3. The number of thiophene rings is 1. The lowest BCUT2D eigenvalue weighted by molar-refractivity contribution is 0.0139. The first kappa shape index (κ1) is 16.1. The number of nitrogens with one attached hydrogen (secondary N) is 1. The van der Waals surface area contributed by atoms with Gasteiger partial charge < -0.3 is 19.9 Å². The van der Waals surface area contributed by atoms with Crippen molar-refractivity contribution in [3.63, 3.8) is 0 Å². The Labute approximate surface area is 120 Å². The fourth-order valence-electron chi connectivity index (χ4n) is 1.39. The Morgan fingerprint density at radius 1 is 1.44 bits per heavy atom. The topological polar surface area (TPSA) is 50.7 Å². The summed E-state index contributed by atoms with van der Waals surface area (Å²) in [6, 6.07) is 4.17. The van der Waals surface area contributed by atoms with Crippen molar-refractivity contribution < 1.29 is 14.6 Å². The molecule has 1 rings (SSSR count). The van der Waals surface area contributed by atoms with E-state index in [9.17, 15) is 5.11 Å². The van der Waals surface area contributed by atoms with Crippen molar-refractivity contribution in [1.82, 2.24) is 5.32 Å². The Morgan fingerprint density at radius 3 is 2.94 bits per heavy atom. The molecule has 0 bridgehead atoms. The summed E-state index contributed by atoms with van der Waals surface area (Å²) in [4.78, 5) is 1.33. The summed E-state index contributed by atoms with van der Waals surface area (Å²) in [6.07, 6.45) is 0.519. The average Bonchev–Trinajstić information content (AvgIpc) is 2.76. The molecule has 0 aliphatic rings. The summed E-state index contributed by atoms with van der Waals surface area (Å²) in [5.74, 6) is 0. The Balaban J connectivity index is 1.96. The quantitative estimate of drug-likeness (QED) is 0.637. The van der Waals surface area contributed by atoms with Crippen LogP contribution in [0.3, 0.4) is 0 Å². The maximum Gasteiger partial charge on any atom is 0.0897 e. The number of aliphatic hydroxyl groups is 1. The number of hydrogen-bond acceptors (Lipinski definition) is 5. The molecule has 0 radical (unpaired) electrons.